The summed E-state index contributed by atoms with van der Waals surface area (Å²) >= 11 is 6.14. The number of nitrogens with zero attached hydrogens (tertiary/aromatic N) is 5. The van der Waals surface area contributed by atoms with Crippen molar-refractivity contribution in [1.82, 2.24) is 24.8 Å². The SMILES string of the molecule is C=CC(=O)N1C[C@@H](F)COC[C@H]1c1cc(Cl)nc(-c2ncnc(N)n2)c1. The van der Waals surface area contributed by atoms with Crippen LogP contribution >= 0.6 is 11.6 Å². The first-order chi connectivity index (χ1) is 12.5. The standard InChI is InChI=1S/C16H16ClFN6O2/c1-2-14(25)24-5-10(18)6-26-7-12(24)9-3-11(22-13(17)4-9)15-20-8-21-16(19)23-15/h2-4,8,10,12H,1,5-7H2,(H2,19,20,21,23)/t10-,12+/m1/s1. The van der Waals surface area contributed by atoms with E-state index >= 15 is 0 Å². The van der Waals surface area contributed by atoms with E-state index in [4.69, 9.17) is 22.1 Å². The summed E-state index contributed by atoms with van der Waals surface area (Å²) in [5.74, 6) is -0.123. The van der Waals surface area contributed by atoms with Crippen molar-refractivity contribution in [2.45, 2.75) is 12.2 Å². The summed E-state index contributed by atoms with van der Waals surface area (Å²) in [4.78, 5) is 29.6. The maximum Gasteiger partial charge on any atom is 0.246 e. The molecule has 1 fully saturated rings. The number of pyridine rings is 1. The van der Waals surface area contributed by atoms with Crippen LogP contribution in [-0.2, 0) is 9.53 Å². The number of carbonyl (C=O) groups excluding carboxylic acids is 1. The van der Waals surface area contributed by atoms with Crippen LogP contribution in [0, 0.1) is 0 Å². The van der Waals surface area contributed by atoms with Gasteiger partial charge in [0.05, 0.1) is 25.8 Å². The number of rotatable bonds is 3. The molecule has 0 bridgehead atoms. The second-order valence-electron chi connectivity index (χ2n) is 5.62. The zero-order chi connectivity index (χ0) is 18.7. The predicted molar refractivity (Wildman–Crippen MR) is 92.8 cm³/mol. The first kappa shape index (κ1) is 18.2. The average molecular weight is 379 g/mol. The molecule has 136 valence electrons. The lowest BCUT2D eigenvalue weighted by Gasteiger charge is -2.29. The molecule has 1 amide bonds. The minimum absolute atomic E-state index is 0.0415. The van der Waals surface area contributed by atoms with Crippen molar-refractivity contribution in [3.63, 3.8) is 0 Å². The van der Waals surface area contributed by atoms with Gasteiger partial charge in [-0.05, 0) is 23.8 Å². The van der Waals surface area contributed by atoms with Crippen LogP contribution in [0.1, 0.15) is 11.6 Å². The Morgan fingerprint density at radius 2 is 2.19 bits per heavy atom. The molecule has 0 saturated carbocycles. The average Bonchev–Trinajstić information content (AvgIpc) is 2.82. The van der Waals surface area contributed by atoms with Gasteiger partial charge in [-0.2, -0.15) is 4.98 Å². The molecule has 2 atom stereocenters. The van der Waals surface area contributed by atoms with Crippen molar-refractivity contribution in [2.24, 2.45) is 0 Å². The number of carbonyl (C=O) groups is 1. The largest absolute Gasteiger partial charge is 0.376 e. The van der Waals surface area contributed by atoms with Gasteiger partial charge in [0.25, 0.3) is 0 Å². The molecule has 0 aromatic carbocycles. The molecule has 10 heteroatoms. The fourth-order valence-electron chi connectivity index (χ4n) is 2.68. The molecule has 1 aliphatic rings. The van der Waals surface area contributed by atoms with Gasteiger partial charge in [0, 0.05) is 0 Å². The molecule has 26 heavy (non-hydrogen) atoms. The molecule has 0 spiro atoms. The topological polar surface area (TPSA) is 107 Å². The van der Waals surface area contributed by atoms with Gasteiger partial charge in [0.1, 0.15) is 23.3 Å². The Morgan fingerprint density at radius 3 is 2.92 bits per heavy atom. The van der Waals surface area contributed by atoms with Crippen LogP contribution < -0.4 is 5.73 Å². The minimum Gasteiger partial charge on any atom is -0.376 e. The van der Waals surface area contributed by atoms with E-state index in [1.54, 1.807) is 12.1 Å². The second-order valence-corrected chi connectivity index (χ2v) is 6.01. The van der Waals surface area contributed by atoms with Crippen molar-refractivity contribution in [1.29, 1.82) is 0 Å². The van der Waals surface area contributed by atoms with Gasteiger partial charge >= 0.3 is 0 Å². The third-order valence-electron chi connectivity index (χ3n) is 3.82. The zero-order valence-electron chi connectivity index (χ0n) is 13.7. The van der Waals surface area contributed by atoms with E-state index in [2.05, 4.69) is 26.5 Å². The summed E-state index contributed by atoms with van der Waals surface area (Å²) < 4.78 is 19.3. The van der Waals surface area contributed by atoms with Crippen molar-refractivity contribution in [3.05, 3.63) is 41.8 Å². The van der Waals surface area contributed by atoms with Crippen LogP contribution in [0.25, 0.3) is 11.5 Å². The normalized spacial score (nSPS) is 20.5. The number of nitrogen functional groups attached to an aromatic ring is 1. The molecule has 2 aromatic rings. The summed E-state index contributed by atoms with van der Waals surface area (Å²) in [5.41, 5.74) is 6.55. The van der Waals surface area contributed by atoms with Crippen molar-refractivity contribution in [2.75, 3.05) is 25.5 Å². The second kappa shape index (κ2) is 7.71. The minimum atomic E-state index is -1.29. The maximum absolute atomic E-state index is 13.9. The molecule has 2 aromatic heterocycles. The summed E-state index contributed by atoms with van der Waals surface area (Å²) in [6.45, 7) is 3.39. The number of ether oxygens (including phenoxy) is 1. The summed E-state index contributed by atoms with van der Waals surface area (Å²) in [5, 5.41) is 0.170. The molecule has 0 radical (unpaired) electrons. The third kappa shape index (κ3) is 3.94. The highest BCUT2D eigenvalue weighted by Gasteiger charge is 2.31. The Bertz CT molecular complexity index is 836. The Balaban J connectivity index is 2.03. The van der Waals surface area contributed by atoms with E-state index in [0.717, 1.165) is 6.08 Å². The van der Waals surface area contributed by atoms with E-state index in [1.807, 2.05) is 0 Å². The Kier molecular flexibility index (Phi) is 5.38. The third-order valence-corrected chi connectivity index (χ3v) is 4.02. The fraction of sp³-hybridized carbons (Fsp3) is 0.312. The highest BCUT2D eigenvalue weighted by atomic mass is 35.5. The fourth-order valence-corrected chi connectivity index (χ4v) is 2.90. The van der Waals surface area contributed by atoms with E-state index < -0.39 is 18.1 Å². The van der Waals surface area contributed by atoms with Crippen molar-refractivity contribution < 1.29 is 13.9 Å². The predicted octanol–water partition coefficient (Wildman–Crippen LogP) is 1.59. The highest BCUT2D eigenvalue weighted by Crippen LogP contribution is 2.29. The smallest absolute Gasteiger partial charge is 0.246 e. The van der Waals surface area contributed by atoms with Gasteiger partial charge in [-0.25, -0.2) is 19.3 Å². The maximum atomic E-state index is 13.9. The first-order valence-electron chi connectivity index (χ1n) is 7.75. The van der Waals surface area contributed by atoms with Crippen LogP contribution in [0.15, 0.2) is 31.1 Å². The van der Waals surface area contributed by atoms with Gasteiger partial charge in [0.2, 0.25) is 11.9 Å². The molecule has 8 nitrogen and oxygen atoms in total. The quantitative estimate of drug-likeness (QED) is 0.638. The molecule has 0 aliphatic carbocycles. The number of nitrogens with two attached hydrogens (primary N) is 1. The number of anilines is 1. The van der Waals surface area contributed by atoms with Gasteiger partial charge in [-0.3, -0.25) is 4.79 Å². The number of hydrogen-bond acceptors (Lipinski definition) is 7. The summed E-state index contributed by atoms with van der Waals surface area (Å²) in [6.07, 6.45) is 1.11. The van der Waals surface area contributed by atoms with Crippen molar-refractivity contribution >= 4 is 23.5 Å². The van der Waals surface area contributed by atoms with Crippen molar-refractivity contribution in [3.8, 4) is 11.5 Å². The van der Waals surface area contributed by atoms with Crippen LogP contribution in [0.2, 0.25) is 5.15 Å². The van der Waals surface area contributed by atoms with Gasteiger partial charge in [0.15, 0.2) is 5.82 Å². The molecule has 3 heterocycles. The number of amides is 1. The van der Waals surface area contributed by atoms with Gasteiger partial charge < -0.3 is 15.4 Å². The molecule has 3 rings (SSSR count). The Labute approximate surface area is 153 Å². The van der Waals surface area contributed by atoms with Gasteiger partial charge in [-0.15, -0.1) is 0 Å². The molecule has 0 unspecified atom stereocenters. The molecule has 1 aliphatic heterocycles. The van der Waals surface area contributed by atoms with E-state index in [0.29, 0.717) is 11.3 Å². The number of alkyl halides is 1. The molecular formula is C16H16ClFN6O2. The number of halogens is 2. The van der Waals surface area contributed by atoms with Crippen LogP contribution in [0.5, 0.6) is 0 Å². The Hall–Kier alpha value is -2.65. The zero-order valence-corrected chi connectivity index (χ0v) is 14.4. The highest BCUT2D eigenvalue weighted by molar-refractivity contribution is 6.29. The van der Waals surface area contributed by atoms with E-state index in [9.17, 15) is 9.18 Å². The lowest BCUT2D eigenvalue weighted by Crippen LogP contribution is -2.38. The Morgan fingerprint density at radius 1 is 1.38 bits per heavy atom. The lowest BCUT2D eigenvalue weighted by molar-refractivity contribution is -0.129. The van der Waals surface area contributed by atoms with E-state index in [-0.39, 0.29) is 36.7 Å². The molecular weight excluding hydrogens is 363 g/mol. The summed E-state index contributed by atoms with van der Waals surface area (Å²) in [7, 11) is 0. The number of hydrogen-bond donors (Lipinski definition) is 1. The van der Waals surface area contributed by atoms with Gasteiger partial charge in [-0.1, -0.05) is 18.2 Å². The lowest BCUT2D eigenvalue weighted by atomic mass is 10.1. The van der Waals surface area contributed by atoms with Crippen LogP contribution in [0.3, 0.4) is 0 Å². The summed E-state index contributed by atoms with van der Waals surface area (Å²) in [6, 6.07) is 2.70. The first-order valence-corrected chi connectivity index (χ1v) is 8.13. The molecule has 2 N–H and O–H groups in total. The number of aromatic nitrogens is 4. The van der Waals surface area contributed by atoms with Crippen LogP contribution in [0.4, 0.5) is 10.3 Å². The van der Waals surface area contributed by atoms with Crippen LogP contribution in [-0.4, -0.2) is 56.7 Å². The monoisotopic (exact) mass is 378 g/mol. The van der Waals surface area contributed by atoms with E-state index in [1.165, 1.54) is 11.2 Å². The molecule has 1 saturated heterocycles.